The van der Waals surface area contributed by atoms with Gasteiger partial charge in [0.2, 0.25) is 5.91 Å². The Kier molecular flexibility index (Phi) is 5.80. The number of piperidine rings is 1. The van der Waals surface area contributed by atoms with Gasteiger partial charge in [0.05, 0.1) is 34.4 Å². The smallest absolute Gasteiger partial charge is 0.228 e. The lowest BCUT2D eigenvalue weighted by atomic mass is 9.96. The third-order valence-corrected chi connectivity index (χ3v) is 5.56. The molecular weight excluding hydrogens is 380 g/mol. The molecule has 156 valence electrons. The first-order chi connectivity index (χ1) is 14.5. The third-order valence-electron chi connectivity index (χ3n) is 5.56. The predicted molar refractivity (Wildman–Crippen MR) is 112 cm³/mol. The van der Waals surface area contributed by atoms with Gasteiger partial charge in [-0.1, -0.05) is 6.07 Å². The quantitative estimate of drug-likeness (QED) is 0.693. The first-order valence-electron chi connectivity index (χ1n) is 10.2. The Morgan fingerprint density at radius 2 is 2.00 bits per heavy atom. The van der Waals surface area contributed by atoms with Gasteiger partial charge in [-0.3, -0.25) is 19.7 Å². The van der Waals surface area contributed by atoms with Crippen LogP contribution in [-0.2, 0) is 11.3 Å². The molecule has 0 unspecified atom stereocenters. The Labute approximate surface area is 175 Å². The minimum atomic E-state index is -0.0600. The van der Waals surface area contributed by atoms with E-state index in [9.17, 15) is 4.79 Å². The summed E-state index contributed by atoms with van der Waals surface area (Å²) in [5.74, 6) is -0.0216. The normalized spacial score (nSPS) is 17.1. The number of aromatic nitrogens is 6. The van der Waals surface area contributed by atoms with Crippen LogP contribution < -0.4 is 5.32 Å². The highest BCUT2D eigenvalue weighted by molar-refractivity contribution is 5.93. The van der Waals surface area contributed by atoms with Crippen molar-refractivity contribution in [2.24, 2.45) is 5.92 Å². The standard InChI is InChI=1S/C21H26N8O/c1-14-15(2)24-20(16(3)23-14)12-28-9-5-6-17(11-28)21(30)25-18-7-4-8-19(10-18)29-13-22-26-27-29/h4,7-8,10,13,17H,5-6,9,11-12H2,1-3H3,(H,25,30)/t17-/m0/s1. The fraction of sp³-hybridized carbons (Fsp3) is 0.429. The zero-order valence-electron chi connectivity index (χ0n) is 17.5. The molecule has 4 rings (SSSR count). The Morgan fingerprint density at radius 1 is 1.17 bits per heavy atom. The number of likely N-dealkylation sites (tertiary alicyclic amines) is 1. The van der Waals surface area contributed by atoms with Gasteiger partial charge in [-0.25, -0.2) is 4.68 Å². The average molecular weight is 406 g/mol. The van der Waals surface area contributed by atoms with Crippen LogP contribution in [0.3, 0.4) is 0 Å². The number of anilines is 1. The van der Waals surface area contributed by atoms with Gasteiger partial charge in [0.25, 0.3) is 0 Å². The first-order valence-corrected chi connectivity index (χ1v) is 10.2. The van der Waals surface area contributed by atoms with Crippen LogP contribution in [0.15, 0.2) is 30.6 Å². The lowest BCUT2D eigenvalue weighted by Gasteiger charge is -2.32. The highest BCUT2D eigenvalue weighted by Gasteiger charge is 2.26. The van der Waals surface area contributed by atoms with E-state index in [-0.39, 0.29) is 11.8 Å². The average Bonchev–Trinajstić information content (AvgIpc) is 3.27. The topological polar surface area (TPSA) is 102 Å². The fourth-order valence-electron chi connectivity index (χ4n) is 3.79. The maximum atomic E-state index is 12.9. The number of carbonyl (C=O) groups excluding carboxylic acids is 1. The second kappa shape index (κ2) is 8.66. The number of rotatable bonds is 5. The summed E-state index contributed by atoms with van der Waals surface area (Å²) in [5.41, 5.74) is 5.42. The van der Waals surface area contributed by atoms with E-state index in [2.05, 4.69) is 30.7 Å². The number of tetrazole rings is 1. The van der Waals surface area contributed by atoms with E-state index in [1.54, 1.807) is 4.68 Å². The molecule has 0 saturated carbocycles. The van der Waals surface area contributed by atoms with Crippen LogP contribution in [0.5, 0.6) is 0 Å². The maximum absolute atomic E-state index is 12.9. The maximum Gasteiger partial charge on any atom is 0.228 e. The van der Waals surface area contributed by atoms with Crippen molar-refractivity contribution in [1.29, 1.82) is 0 Å². The fourth-order valence-corrected chi connectivity index (χ4v) is 3.79. The van der Waals surface area contributed by atoms with Crippen molar-refractivity contribution < 1.29 is 4.79 Å². The van der Waals surface area contributed by atoms with Crippen LogP contribution in [0.4, 0.5) is 5.69 Å². The van der Waals surface area contributed by atoms with Crippen molar-refractivity contribution in [1.82, 2.24) is 35.1 Å². The number of nitrogens with one attached hydrogen (secondary N) is 1. The highest BCUT2D eigenvalue weighted by atomic mass is 16.1. The molecule has 1 atom stereocenters. The predicted octanol–water partition coefficient (Wildman–Crippen LogP) is 2.23. The lowest BCUT2D eigenvalue weighted by Crippen LogP contribution is -2.40. The van der Waals surface area contributed by atoms with Crippen molar-refractivity contribution in [3.8, 4) is 5.69 Å². The van der Waals surface area contributed by atoms with Crippen LogP contribution in [0.25, 0.3) is 5.69 Å². The van der Waals surface area contributed by atoms with Crippen molar-refractivity contribution in [2.75, 3.05) is 18.4 Å². The molecule has 9 heteroatoms. The molecule has 2 aromatic heterocycles. The molecule has 1 aliphatic heterocycles. The minimum Gasteiger partial charge on any atom is -0.326 e. The van der Waals surface area contributed by atoms with E-state index in [4.69, 9.17) is 4.98 Å². The number of amides is 1. The number of nitrogens with zero attached hydrogens (tertiary/aromatic N) is 7. The molecule has 1 aliphatic rings. The Morgan fingerprint density at radius 3 is 2.80 bits per heavy atom. The van der Waals surface area contributed by atoms with E-state index in [1.165, 1.54) is 6.33 Å². The number of carbonyl (C=O) groups is 1. The van der Waals surface area contributed by atoms with E-state index >= 15 is 0 Å². The van der Waals surface area contributed by atoms with Crippen LogP contribution in [-0.4, -0.2) is 54.1 Å². The van der Waals surface area contributed by atoms with E-state index in [1.807, 2.05) is 45.0 Å². The van der Waals surface area contributed by atoms with Gasteiger partial charge >= 0.3 is 0 Å². The third kappa shape index (κ3) is 4.51. The summed E-state index contributed by atoms with van der Waals surface area (Å²) in [7, 11) is 0. The largest absolute Gasteiger partial charge is 0.326 e. The summed E-state index contributed by atoms with van der Waals surface area (Å²) in [6.07, 6.45) is 3.39. The molecule has 3 heterocycles. The highest BCUT2D eigenvalue weighted by Crippen LogP contribution is 2.22. The van der Waals surface area contributed by atoms with Crippen molar-refractivity contribution in [2.45, 2.75) is 40.2 Å². The van der Waals surface area contributed by atoms with Crippen LogP contribution in [0.1, 0.15) is 35.6 Å². The summed E-state index contributed by atoms with van der Waals surface area (Å²) in [6.45, 7) is 8.37. The molecule has 0 bridgehead atoms. The molecule has 0 aliphatic carbocycles. The second-order valence-corrected chi connectivity index (χ2v) is 7.79. The van der Waals surface area contributed by atoms with Crippen LogP contribution in [0.2, 0.25) is 0 Å². The molecule has 1 saturated heterocycles. The van der Waals surface area contributed by atoms with Crippen LogP contribution >= 0.6 is 0 Å². The molecule has 1 N–H and O–H groups in total. The van der Waals surface area contributed by atoms with Gasteiger partial charge < -0.3 is 5.32 Å². The molecule has 0 spiro atoms. The SMILES string of the molecule is Cc1nc(C)c(CN2CCC[C@H](C(=O)Nc3cccc(-n4cnnn4)c3)C2)nc1C. The molecule has 3 aromatic rings. The van der Waals surface area contributed by atoms with E-state index in [0.29, 0.717) is 6.54 Å². The summed E-state index contributed by atoms with van der Waals surface area (Å²) >= 11 is 0. The summed E-state index contributed by atoms with van der Waals surface area (Å²) in [6, 6.07) is 7.51. The second-order valence-electron chi connectivity index (χ2n) is 7.79. The van der Waals surface area contributed by atoms with Gasteiger partial charge in [-0.15, -0.1) is 5.10 Å². The molecule has 30 heavy (non-hydrogen) atoms. The lowest BCUT2D eigenvalue weighted by molar-refractivity contribution is -0.121. The Bertz CT molecular complexity index is 1030. The Balaban J connectivity index is 1.40. The molecule has 0 radical (unpaired) electrons. The van der Waals surface area contributed by atoms with Gasteiger partial charge in [0.15, 0.2) is 0 Å². The monoisotopic (exact) mass is 406 g/mol. The van der Waals surface area contributed by atoms with Gasteiger partial charge in [-0.2, -0.15) is 0 Å². The minimum absolute atomic E-state index is 0.0384. The molecule has 1 fully saturated rings. The van der Waals surface area contributed by atoms with Gasteiger partial charge in [-0.05, 0) is 68.8 Å². The molecule has 1 aromatic carbocycles. The van der Waals surface area contributed by atoms with E-state index < -0.39 is 0 Å². The molecule has 1 amide bonds. The van der Waals surface area contributed by atoms with E-state index in [0.717, 1.165) is 60.1 Å². The van der Waals surface area contributed by atoms with Gasteiger partial charge in [0, 0.05) is 18.8 Å². The molecular formula is C21H26N8O. The zero-order valence-corrected chi connectivity index (χ0v) is 17.5. The summed E-state index contributed by atoms with van der Waals surface area (Å²) in [4.78, 5) is 24.5. The van der Waals surface area contributed by atoms with Crippen molar-refractivity contribution in [3.63, 3.8) is 0 Å². The zero-order chi connectivity index (χ0) is 21.1. The number of hydrogen-bond donors (Lipinski definition) is 1. The Hall–Kier alpha value is -3.20. The molecule has 9 nitrogen and oxygen atoms in total. The number of aryl methyl sites for hydroxylation is 3. The van der Waals surface area contributed by atoms with Gasteiger partial charge in [0.1, 0.15) is 6.33 Å². The summed E-state index contributed by atoms with van der Waals surface area (Å²) in [5, 5.41) is 14.2. The summed E-state index contributed by atoms with van der Waals surface area (Å²) < 4.78 is 1.56. The number of benzene rings is 1. The van der Waals surface area contributed by atoms with Crippen molar-refractivity contribution >= 4 is 11.6 Å². The number of hydrogen-bond acceptors (Lipinski definition) is 7. The van der Waals surface area contributed by atoms with Crippen molar-refractivity contribution in [3.05, 3.63) is 53.4 Å². The van der Waals surface area contributed by atoms with Crippen LogP contribution in [0, 0.1) is 26.7 Å². The first kappa shape index (κ1) is 20.1.